The number of carbonyl (C=O) groups is 1. The first-order valence-electron chi connectivity index (χ1n) is 4.37. The van der Waals surface area contributed by atoms with Crippen molar-refractivity contribution in [2.24, 2.45) is 0 Å². The molecular formula is C10H7F5O2. The lowest BCUT2D eigenvalue weighted by Crippen LogP contribution is -2.33. The molecule has 0 bridgehead atoms. The minimum atomic E-state index is -2.79. The molecule has 0 aliphatic carbocycles. The lowest BCUT2D eigenvalue weighted by atomic mass is 9.91. The normalized spacial score (nSPS) is 14.6. The van der Waals surface area contributed by atoms with Gasteiger partial charge in [0.05, 0.1) is 5.56 Å². The predicted octanol–water partition coefficient (Wildman–Crippen LogP) is 2.18. The molecule has 1 unspecified atom stereocenters. The number of hydrogen-bond donors (Lipinski definition) is 1. The third kappa shape index (κ3) is 1.90. The summed E-state index contributed by atoms with van der Waals surface area (Å²) >= 11 is 0. The Balaban J connectivity index is 3.72. The maximum Gasteiger partial charge on any atom is 0.200 e. The van der Waals surface area contributed by atoms with Gasteiger partial charge in [0, 0.05) is 0 Å². The van der Waals surface area contributed by atoms with Crippen molar-refractivity contribution >= 4 is 5.78 Å². The maximum atomic E-state index is 13.2. The first-order valence-corrected chi connectivity index (χ1v) is 4.37. The fourth-order valence-corrected chi connectivity index (χ4v) is 1.21. The molecule has 0 amide bonds. The molecule has 0 saturated heterocycles. The third-order valence-electron chi connectivity index (χ3n) is 2.38. The molecule has 0 heterocycles. The lowest BCUT2D eigenvalue weighted by Gasteiger charge is -2.22. The van der Waals surface area contributed by atoms with Crippen LogP contribution in [0.3, 0.4) is 0 Å². The van der Waals surface area contributed by atoms with Crippen molar-refractivity contribution in [3.05, 3.63) is 34.6 Å². The van der Waals surface area contributed by atoms with E-state index in [-0.39, 0.29) is 0 Å². The highest BCUT2D eigenvalue weighted by molar-refractivity contribution is 5.85. The van der Waals surface area contributed by atoms with Crippen LogP contribution in [-0.2, 0) is 10.4 Å². The Kier molecular flexibility index (Phi) is 3.24. The molecule has 17 heavy (non-hydrogen) atoms. The van der Waals surface area contributed by atoms with E-state index < -0.39 is 46.0 Å². The van der Waals surface area contributed by atoms with Crippen LogP contribution < -0.4 is 0 Å². The van der Waals surface area contributed by atoms with Crippen molar-refractivity contribution in [2.75, 3.05) is 0 Å². The molecule has 0 fully saturated rings. The topological polar surface area (TPSA) is 37.3 Å². The molecule has 2 nitrogen and oxygen atoms in total. The summed E-state index contributed by atoms with van der Waals surface area (Å²) in [4.78, 5) is 11.0. The average molecular weight is 254 g/mol. The molecule has 1 aromatic rings. The lowest BCUT2D eigenvalue weighted by molar-refractivity contribution is -0.134. The highest BCUT2D eigenvalue weighted by Gasteiger charge is 2.39. The minimum absolute atomic E-state index is 0.646. The number of hydrogen-bond acceptors (Lipinski definition) is 2. The number of ketones is 1. The van der Waals surface area contributed by atoms with E-state index in [9.17, 15) is 31.9 Å². The zero-order valence-electron chi connectivity index (χ0n) is 8.75. The smallest absolute Gasteiger partial charge is 0.200 e. The molecule has 1 aromatic carbocycles. The van der Waals surface area contributed by atoms with Crippen LogP contribution in [0.25, 0.3) is 0 Å². The first-order chi connectivity index (χ1) is 7.62. The van der Waals surface area contributed by atoms with Gasteiger partial charge in [-0.2, -0.15) is 0 Å². The van der Waals surface area contributed by atoms with E-state index in [4.69, 9.17) is 0 Å². The SMILES string of the molecule is CC(=O)C(C)(O)c1c(F)c(F)c(F)c(F)c1F. The van der Waals surface area contributed by atoms with Crippen LogP contribution in [0.2, 0.25) is 0 Å². The highest BCUT2D eigenvalue weighted by Crippen LogP contribution is 2.31. The van der Waals surface area contributed by atoms with E-state index in [1.54, 1.807) is 0 Å². The van der Waals surface area contributed by atoms with Gasteiger partial charge in [0.25, 0.3) is 0 Å². The van der Waals surface area contributed by atoms with Gasteiger partial charge in [0.1, 0.15) is 0 Å². The largest absolute Gasteiger partial charge is 0.377 e. The van der Waals surface area contributed by atoms with Gasteiger partial charge in [-0.3, -0.25) is 4.79 Å². The molecule has 0 spiro atoms. The standard InChI is InChI=1S/C10H7F5O2/c1-3(16)10(2,17)4-5(11)7(13)9(15)8(14)6(4)12/h17H,1-2H3. The molecule has 0 saturated carbocycles. The molecule has 1 N–H and O–H groups in total. The van der Waals surface area contributed by atoms with Crippen LogP contribution in [0, 0.1) is 29.1 Å². The molecule has 94 valence electrons. The van der Waals surface area contributed by atoms with Crippen molar-refractivity contribution in [2.45, 2.75) is 19.4 Å². The van der Waals surface area contributed by atoms with E-state index >= 15 is 0 Å². The van der Waals surface area contributed by atoms with E-state index in [0.29, 0.717) is 6.92 Å². The number of Topliss-reactive ketones (excluding diaryl/α,β-unsaturated/α-hetero) is 1. The van der Waals surface area contributed by atoms with Crippen LogP contribution in [0.5, 0.6) is 0 Å². The van der Waals surface area contributed by atoms with Crippen molar-refractivity contribution in [1.82, 2.24) is 0 Å². The van der Waals surface area contributed by atoms with Gasteiger partial charge in [0.15, 0.2) is 34.7 Å². The zero-order chi connectivity index (χ0) is 13.5. The van der Waals surface area contributed by atoms with Crippen LogP contribution in [0.15, 0.2) is 0 Å². The van der Waals surface area contributed by atoms with Crippen molar-refractivity contribution < 1.29 is 31.9 Å². The minimum Gasteiger partial charge on any atom is -0.377 e. The van der Waals surface area contributed by atoms with Gasteiger partial charge in [-0.15, -0.1) is 0 Å². The Morgan fingerprint density at radius 1 is 0.941 bits per heavy atom. The van der Waals surface area contributed by atoms with Crippen LogP contribution in [-0.4, -0.2) is 10.9 Å². The fourth-order valence-electron chi connectivity index (χ4n) is 1.21. The number of carbonyl (C=O) groups excluding carboxylic acids is 1. The van der Waals surface area contributed by atoms with Crippen LogP contribution >= 0.6 is 0 Å². The van der Waals surface area contributed by atoms with E-state index in [2.05, 4.69) is 0 Å². The number of benzene rings is 1. The molecule has 0 radical (unpaired) electrons. The van der Waals surface area contributed by atoms with Crippen LogP contribution in [0.1, 0.15) is 19.4 Å². The van der Waals surface area contributed by atoms with Crippen molar-refractivity contribution in [1.29, 1.82) is 0 Å². The van der Waals surface area contributed by atoms with Crippen molar-refractivity contribution in [3.63, 3.8) is 0 Å². The summed E-state index contributed by atoms with van der Waals surface area (Å²) < 4.78 is 64.8. The monoisotopic (exact) mass is 254 g/mol. The summed E-state index contributed by atoms with van der Waals surface area (Å²) in [5.74, 6) is -12.4. The van der Waals surface area contributed by atoms with E-state index in [1.165, 1.54) is 0 Å². The second-order valence-electron chi connectivity index (χ2n) is 3.57. The number of rotatable bonds is 2. The Morgan fingerprint density at radius 2 is 1.24 bits per heavy atom. The second kappa shape index (κ2) is 4.06. The summed E-state index contributed by atoms with van der Waals surface area (Å²) in [5.41, 5.74) is -4.34. The Hall–Kier alpha value is -1.50. The highest BCUT2D eigenvalue weighted by atomic mass is 19.2. The molecule has 0 aliphatic heterocycles. The third-order valence-corrected chi connectivity index (χ3v) is 2.38. The van der Waals surface area contributed by atoms with Gasteiger partial charge in [0.2, 0.25) is 5.82 Å². The molecule has 1 atom stereocenters. The summed E-state index contributed by atoms with van der Waals surface area (Å²) in [6, 6.07) is 0. The molecule has 7 heteroatoms. The predicted molar refractivity (Wildman–Crippen MR) is 46.5 cm³/mol. The van der Waals surface area contributed by atoms with Gasteiger partial charge in [-0.1, -0.05) is 0 Å². The van der Waals surface area contributed by atoms with Gasteiger partial charge >= 0.3 is 0 Å². The summed E-state index contributed by atoms with van der Waals surface area (Å²) in [5, 5.41) is 9.48. The second-order valence-corrected chi connectivity index (χ2v) is 3.57. The van der Waals surface area contributed by atoms with Crippen molar-refractivity contribution in [3.8, 4) is 0 Å². The number of halogens is 5. The molecule has 0 aromatic heterocycles. The quantitative estimate of drug-likeness (QED) is 0.499. The first kappa shape index (κ1) is 13.6. The maximum absolute atomic E-state index is 13.2. The Labute approximate surface area is 92.7 Å². The summed E-state index contributed by atoms with van der Waals surface area (Å²) in [6.45, 7) is 1.41. The summed E-state index contributed by atoms with van der Waals surface area (Å²) in [7, 11) is 0. The molecular weight excluding hydrogens is 247 g/mol. The Morgan fingerprint density at radius 3 is 1.53 bits per heavy atom. The molecule has 0 aliphatic rings. The fraction of sp³-hybridized carbons (Fsp3) is 0.300. The average Bonchev–Trinajstić information content (AvgIpc) is 2.23. The van der Waals surface area contributed by atoms with E-state index in [1.807, 2.05) is 0 Å². The Bertz CT molecular complexity index is 467. The molecule has 1 rings (SSSR count). The number of aliphatic hydroxyl groups is 1. The van der Waals surface area contributed by atoms with Gasteiger partial charge in [-0.25, -0.2) is 22.0 Å². The van der Waals surface area contributed by atoms with Crippen LogP contribution in [0.4, 0.5) is 22.0 Å². The van der Waals surface area contributed by atoms with Gasteiger partial charge < -0.3 is 5.11 Å². The summed E-state index contributed by atoms with van der Waals surface area (Å²) in [6.07, 6.45) is 0. The van der Waals surface area contributed by atoms with E-state index in [0.717, 1.165) is 6.92 Å². The van der Waals surface area contributed by atoms with Gasteiger partial charge in [-0.05, 0) is 13.8 Å². The zero-order valence-corrected chi connectivity index (χ0v) is 8.75.